The first kappa shape index (κ1) is 21.9. The highest BCUT2D eigenvalue weighted by Crippen LogP contribution is 2.36. The lowest BCUT2D eigenvalue weighted by atomic mass is 9.94. The summed E-state index contributed by atoms with van der Waals surface area (Å²) in [6.07, 6.45) is 9.02. The van der Waals surface area contributed by atoms with Crippen LogP contribution in [0.5, 0.6) is 0 Å². The van der Waals surface area contributed by atoms with E-state index in [9.17, 15) is 9.59 Å². The van der Waals surface area contributed by atoms with E-state index >= 15 is 0 Å². The first-order chi connectivity index (χ1) is 15.9. The number of hydrogen-bond donors (Lipinski definition) is 0. The molecule has 5 rings (SSSR count). The van der Waals surface area contributed by atoms with Crippen LogP contribution in [0.1, 0.15) is 89.8 Å². The molecule has 0 aromatic carbocycles. The lowest BCUT2D eigenvalue weighted by Gasteiger charge is -2.35. The highest BCUT2D eigenvalue weighted by molar-refractivity contribution is 5.96. The predicted molar refractivity (Wildman–Crippen MR) is 124 cm³/mol. The van der Waals surface area contributed by atoms with E-state index in [1.54, 1.807) is 6.20 Å². The highest BCUT2D eigenvalue weighted by Gasteiger charge is 2.36. The summed E-state index contributed by atoms with van der Waals surface area (Å²) >= 11 is 0. The minimum atomic E-state index is -0.00787. The van der Waals surface area contributed by atoms with Gasteiger partial charge in [-0.2, -0.15) is 0 Å². The fourth-order valence-corrected chi connectivity index (χ4v) is 5.59. The molecule has 174 valence electrons. The van der Waals surface area contributed by atoms with Gasteiger partial charge < -0.3 is 4.90 Å². The fraction of sp³-hybridized carbons (Fsp3) is 0.600. The van der Waals surface area contributed by atoms with Crippen molar-refractivity contribution in [2.45, 2.75) is 84.1 Å². The molecule has 0 atom stereocenters. The van der Waals surface area contributed by atoms with Gasteiger partial charge in [0, 0.05) is 48.9 Å². The second kappa shape index (κ2) is 8.80. The first-order valence-corrected chi connectivity index (χ1v) is 12.2. The molecule has 2 aromatic rings. The number of nitrogens with zero attached hydrogens (tertiary/aromatic N) is 6. The Kier molecular flexibility index (Phi) is 5.85. The number of anilines is 1. The third-order valence-electron chi connectivity index (χ3n) is 7.46. The number of amides is 2. The summed E-state index contributed by atoms with van der Waals surface area (Å²) in [5.41, 5.74) is 3.43. The van der Waals surface area contributed by atoms with Crippen molar-refractivity contribution >= 4 is 17.6 Å². The second-order valence-electron chi connectivity index (χ2n) is 9.65. The molecule has 0 bridgehead atoms. The number of likely N-dealkylation sites (tertiary alicyclic amines) is 1. The van der Waals surface area contributed by atoms with Crippen molar-refractivity contribution in [2.75, 3.05) is 18.0 Å². The second-order valence-corrected chi connectivity index (χ2v) is 9.65. The van der Waals surface area contributed by atoms with Crippen LogP contribution in [0.2, 0.25) is 0 Å². The molecule has 1 saturated carbocycles. The molecule has 2 aromatic heterocycles. The van der Waals surface area contributed by atoms with Gasteiger partial charge in [0.15, 0.2) is 0 Å². The SMILES string of the molecule is Cc1ncc(C(=O)N2CCC(c3nc(C)c4c(n3)N(C3CCCC3)C(=O)CC4)CC2)c(C)n1. The van der Waals surface area contributed by atoms with Crippen LogP contribution < -0.4 is 4.90 Å². The quantitative estimate of drug-likeness (QED) is 0.714. The van der Waals surface area contributed by atoms with Gasteiger partial charge in [-0.25, -0.2) is 19.9 Å². The van der Waals surface area contributed by atoms with Gasteiger partial charge in [-0.1, -0.05) is 12.8 Å². The van der Waals surface area contributed by atoms with Gasteiger partial charge in [-0.05, 0) is 52.9 Å². The van der Waals surface area contributed by atoms with Gasteiger partial charge in [0.1, 0.15) is 17.5 Å². The molecular formula is C25H32N6O2. The molecule has 0 N–H and O–H groups in total. The Morgan fingerprint density at radius 2 is 1.67 bits per heavy atom. The molecule has 2 fully saturated rings. The Morgan fingerprint density at radius 3 is 2.36 bits per heavy atom. The number of carbonyl (C=O) groups excluding carboxylic acids is 2. The van der Waals surface area contributed by atoms with Gasteiger partial charge in [0.25, 0.3) is 5.91 Å². The van der Waals surface area contributed by atoms with E-state index in [1.165, 1.54) is 12.8 Å². The zero-order chi connectivity index (χ0) is 23.1. The van der Waals surface area contributed by atoms with Crippen LogP contribution in [0.4, 0.5) is 5.82 Å². The smallest absolute Gasteiger partial charge is 0.257 e. The van der Waals surface area contributed by atoms with Crippen LogP contribution in [0.25, 0.3) is 0 Å². The number of rotatable bonds is 3. The minimum absolute atomic E-state index is 0.00787. The van der Waals surface area contributed by atoms with Gasteiger partial charge in [-0.3, -0.25) is 14.5 Å². The van der Waals surface area contributed by atoms with Gasteiger partial charge >= 0.3 is 0 Å². The summed E-state index contributed by atoms with van der Waals surface area (Å²) in [7, 11) is 0. The Morgan fingerprint density at radius 1 is 0.939 bits per heavy atom. The Hall–Kier alpha value is -2.90. The van der Waals surface area contributed by atoms with E-state index < -0.39 is 0 Å². The summed E-state index contributed by atoms with van der Waals surface area (Å²) in [5, 5.41) is 0. The van der Waals surface area contributed by atoms with Crippen LogP contribution in [0.3, 0.4) is 0 Å². The van der Waals surface area contributed by atoms with E-state index in [1.807, 2.05) is 30.6 Å². The summed E-state index contributed by atoms with van der Waals surface area (Å²) in [6, 6.07) is 0.276. The van der Waals surface area contributed by atoms with Gasteiger partial charge in [0.05, 0.1) is 11.3 Å². The molecule has 0 radical (unpaired) electrons. The average molecular weight is 449 g/mol. The Bertz CT molecular complexity index is 1090. The molecule has 4 heterocycles. The standard InChI is InChI=1S/C25H32N6O2/c1-15-20-8-9-22(32)31(19-6-4-5-7-19)24(20)29-23(28-15)18-10-12-30(13-11-18)25(33)21-14-26-17(3)27-16(21)2/h14,18-19H,4-13H2,1-3H3. The maximum atomic E-state index is 13.0. The Balaban J connectivity index is 1.34. The highest BCUT2D eigenvalue weighted by atomic mass is 16.2. The third kappa shape index (κ3) is 4.11. The maximum absolute atomic E-state index is 13.0. The van der Waals surface area contributed by atoms with Crippen molar-refractivity contribution in [1.82, 2.24) is 24.8 Å². The molecule has 2 aliphatic heterocycles. The Labute approximate surface area is 194 Å². The minimum Gasteiger partial charge on any atom is -0.338 e. The predicted octanol–water partition coefficient (Wildman–Crippen LogP) is 3.43. The summed E-state index contributed by atoms with van der Waals surface area (Å²) in [5.74, 6) is 2.74. The lowest BCUT2D eigenvalue weighted by Crippen LogP contribution is -2.43. The van der Waals surface area contributed by atoms with E-state index in [0.29, 0.717) is 30.9 Å². The third-order valence-corrected chi connectivity index (χ3v) is 7.46. The zero-order valence-electron chi connectivity index (χ0n) is 19.8. The van der Waals surface area contributed by atoms with Crippen LogP contribution in [-0.2, 0) is 11.2 Å². The lowest BCUT2D eigenvalue weighted by molar-refractivity contribution is -0.119. The molecule has 1 aliphatic carbocycles. The van der Waals surface area contributed by atoms with E-state index in [-0.39, 0.29) is 23.8 Å². The van der Waals surface area contributed by atoms with Crippen molar-refractivity contribution in [3.63, 3.8) is 0 Å². The van der Waals surface area contributed by atoms with Crippen molar-refractivity contribution < 1.29 is 9.59 Å². The molecule has 0 unspecified atom stereocenters. The van der Waals surface area contributed by atoms with E-state index in [4.69, 9.17) is 9.97 Å². The van der Waals surface area contributed by atoms with Crippen molar-refractivity contribution in [3.05, 3.63) is 40.4 Å². The first-order valence-electron chi connectivity index (χ1n) is 12.2. The number of aryl methyl sites for hydroxylation is 3. The number of piperidine rings is 1. The zero-order valence-corrected chi connectivity index (χ0v) is 19.8. The summed E-state index contributed by atoms with van der Waals surface area (Å²) in [6.45, 7) is 7.04. The summed E-state index contributed by atoms with van der Waals surface area (Å²) < 4.78 is 0. The molecule has 0 spiro atoms. The topological polar surface area (TPSA) is 92.2 Å². The van der Waals surface area contributed by atoms with E-state index in [2.05, 4.69) is 9.97 Å². The molecule has 1 saturated heterocycles. The normalized spacial score (nSPS) is 19.8. The van der Waals surface area contributed by atoms with Crippen LogP contribution >= 0.6 is 0 Å². The van der Waals surface area contributed by atoms with Crippen LogP contribution in [0.15, 0.2) is 6.20 Å². The van der Waals surface area contributed by atoms with Crippen molar-refractivity contribution in [1.29, 1.82) is 0 Å². The molecule has 33 heavy (non-hydrogen) atoms. The molecular weight excluding hydrogens is 416 g/mol. The van der Waals surface area contributed by atoms with Gasteiger partial charge in [-0.15, -0.1) is 0 Å². The number of hydrogen-bond acceptors (Lipinski definition) is 6. The van der Waals surface area contributed by atoms with Crippen LogP contribution in [-0.4, -0.2) is 55.8 Å². The van der Waals surface area contributed by atoms with E-state index in [0.717, 1.165) is 60.7 Å². The number of carbonyl (C=O) groups is 2. The van der Waals surface area contributed by atoms with Crippen molar-refractivity contribution in [2.24, 2.45) is 0 Å². The monoisotopic (exact) mass is 448 g/mol. The number of aromatic nitrogens is 4. The number of fused-ring (bicyclic) bond motifs is 1. The summed E-state index contributed by atoms with van der Waals surface area (Å²) in [4.78, 5) is 48.2. The average Bonchev–Trinajstić information content (AvgIpc) is 3.33. The largest absolute Gasteiger partial charge is 0.338 e. The fourth-order valence-electron chi connectivity index (χ4n) is 5.59. The van der Waals surface area contributed by atoms with Crippen LogP contribution in [0, 0.1) is 20.8 Å². The molecule has 8 nitrogen and oxygen atoms in total. The molecule has 2 amide bonds. The molecule has 3 aliphatic rings. The van der Waals surface area contributed by atoms with Crippen molar-refractivity contribution in [3.8, 4) is 0 Å². The maximum Gasteiger partial charge on any atom is 0.257 e. The van der Waals surface area contributed by atoms with Gasteiger partial charge in [0.2, 0.25) is 5.91 Å². The molecule has 8 heteroatoms.